The highest BCUT2D eigenvalue weighted by atomic mass is 32.2. The van der Waals surface area contributed by atoms with E-state index in [1.165, 1.54) is 18.2 Å². The molecule has 0 atom stereocenters. The average molecular weight is 337 g/mol. The predicted molar refractivity (Wildman–Crippen MR) is 89.1 cm³/mol. The van der Waals surface area contributed by atoms with Crippen LogP contribution in [0.2, 0.25) is 0 Å². The molecule has 0 spiro atoms. The van der Waals surface area contributed by atoms with Gasteiger partial charge in [0.15, 0.2) is 0 Å². The van der Waals surface area contributed by atoms with Crippen LogP contribution in [0, 0.1) is 11.3 Å². The summed E-state index contributed by atoms with van der Waals surface area (Å²) in [5.74, 6) is -0.633. The van der Waals surface area contributed by atoms with Crippen molar-refractivity contribution >= 4 is 33.6 Å². The van der Waals surface area contributed by atoms with Crippen LogP contribution in [0.25, 0.3) is 12.2 Å². The second kappa shape index (κ2) is 6.10. The van der Waals surface area contributed by atoms with Crippen LogP contribution in [0.5, 0.6) is 0 Å². The van der Waals surface area contributed by atoms with Gasteiger partial charge in [0.2, 0.25) is 9.84 Å². The Bertz CT molecular complexity index is 1020. The van der Waals surface area contributed by atoms with Gasteiger partial charge in [0, 0.05) is 17.3 Å². The molecule has 1 amide bonds. The lowest BCUT2D eigenvalue weighted by molar-refractivity contribution is -0.112. The van der Waals surface area contributed by atoms with Gasteiger partial charge in [0.1, 0.15) is 11.6 Å². The molecule has 0 radical (unpaired) electrons. The first kappa shape index (κ1) is 15.6. The largest absolute Gasteiger partial charge is 0.321 e. The number of carbonyl (C=O) groups is 1. The van der Waals surface area contributed by atoms with Crippen molar-refractivity contribution in [1.29, 1.82) is 5.26 Å². The fourth-order valence-corrected chi connectivity index (χ4v) is 3.42. The number of nitriles is 1. The van der Waals surface area contributed by atoms with E-state index >= 15 is 0 Å². The number of sulfone groups is 1. The van der Waals surface area contributed by atoms with E-state index in [2.05, 4.69) is 10.3 Å². The summed E-state index contributed by atoms with van der Waals surface area (Å²) in [6.07, 6.45) is 4.41. The van der Waals surface area contributed by atoms with Crippen LogP contribution in [0.4, 0.5) is 5.69 Å². The maximum absolute atomic E-state index is 12.2. The Morgan fingerprint density at radius 2 is 2.08 bits per heavy atom. The molecule has 0 saturated heterocycles. The standard InChI is InChI=1S/C17H11N3O3S/c18-11-13(9-14-3-1-2-7-19-14)17(21)20-15-5-4-12-6-8-24(22,23)16(12)10-15/h1-10H,(H,20,21)/b13-9+. The summed E-state index contributed by atoms with van der Waals surface area (Å²) in [5.41, 5.74) is 1.21. The summed E-state index contributed by atoms with van der Waals surface area (Å²) in [6, 6.07) is 11.5. The number of benzene rings is 1. The monoisotopic (exact) mass is 337 g/mol. The van der Waals surface area contributed by atoms with Crippen molar-refractivity contribution in [3.8, 4) is 6.07 Å². The van der Waals surface area contributed by atoms with Crippen molar-refractivity contribution in [3.63, 3.8) is 0 Å². The molecule has 7 heteroatoms. The summed E-state index contributed by atoms with van der Waals surface area (Å²) < 4.78 is 23.7. The van der Waals surface area contributed by atoms with E-state index in [4.69, 9.17) is 5.26 Å². The zero-order valence-corrected chi connectivity index (χ0v) is 13.1. The van der Waals surface area contributed by atoms with Crippen LogP contribution < -0.4 is 5.32 Å². The van der Waals surface area contributed by atoms with E-state index in [0.717, 1.165) is 5.41 Å². The minimum absolute atomic E-state index is 0.129. The molecule has 0 unspecified atom stereocenters. The lowest BCUT2D eigenvalue weighted by atomic mass is 10.2. The molecule has 1 N–H and O–H groups in total. The number of aromatic nitrogens is 1. The van der Waals surface area contributed by atoms with E-state index in [1.54, 1.807) is 36.5 Å². The van der Waals surface area contributed by atoms with Crippen molar-refractivity contribution < 1.29 is 13.2 Å². The Kier molecular flexibility index (Phi) is 3.98. The van der Waals surface area contributed by atoms with Gasteiger partial charge < -0.3 is 5.32 Å². The highest BCUT2D eigenvalue weighted by molar-refractivity contribution is 7.94. The Morgan fingerprint density at radius 3 is 2.79 bits per heavy atom. The van der Waals surface area contributed by atoms with Gasteiger partial charge in [-0.15, -0.1) is 0 Å². The molecule has 2 heterocycles. The van der Waals surface area contributed by atoms with Crippen LogP contribution in [-0.2, 0) is 14.6 Å². The first-order valence-electron chi connectivity index (χ1n) is 6.91. The number of nitrogens with one attached hydrogen (secondary N) is 1. The van der Waals surface area contributed by atoms with Crippen LogP contribution in [0.3, 0.4) is 0 Å². The molecule has 6 nitrogen and oxygen atoms in total. The molecule has 0 saturated carbocycles. The van der Waals surface area contributed by atoms with Crippen molar-refractivity contribution in [1.82, 2.24) is 4.98 Å². The van der Waals surface area contributed by atoms with Gasteiger partial charge >= 0.3 is 0 Å². The molecule has 3 rings (SSSR count). The smallest absolute Gasteiger partial charge is 0.266 e. The second-order valence-corrected chi connectivity index (χ2v) is 6.78. The van der Waals surface area contributed by atoms with E-state index in [0.29, 0.717) is 16.9 Å². The number of amides is 1. The Morgan fingerprint density at radius 1 is 1.25 bits per heavy atom. The SMILES string of the molecule is N#C/C(=C\c1ccccn1)C(=O)Nc1ccc2c(c1)S(=O)(=O)C=C2. The molecule has 2 aromatic rings. The third-order valence-corrected chi connectivity index (χ3v) is 4.81. The number of anilines is 1. The molecule has 118 valence electrons. The average Bonchev–Trinajstić information content (AvgIpc) is 2.88. The van der Waals surface area contributed by atoms with Gasteiger partial charge in [-0.1, -0.05) is 12.1 Å². The van der Waals surface area contributed by atoms with E-state index in [-0.39, 0.29) is 10.5 Å². The number of hydrogen-bond acceptors (Lipinski definition) is 5. The van der Waals surface area contributed by atoms with Gasteiger partial charge in [0.05, 0.1) is 10.6 Å². The van der Waals surface area contributed by atoms with E-state index < -0.39 is 15.7 Å². The van der Waals surface area contributed by atoms with Gasteiger partial charge in [-0.05, 0) is 42.0 Å². The third-order valence-electron chi connectivity index (χ3n) is 3.35. The fraction of sp³-hybridized carbons (Fsp3) is 0. The summed E-state index contributed by atoms with van der Waals surface area (Å²) in [5, 5.41) is 12.8. The topological polar surface area (TPSA) is 99.9 Å². The minimum atomic E-state index is -3.46. The van der Waals surface area contributed by atoms with Crippen molar-refractivity contribution in [2.24, 2.45) is 0 Å². The van der Waals surface area contributed by atoms with Gasteiger partial charge in [-0.2, -0.15) is 5.26 Å². The van der Waals surface area contributed by atoms with Crippen molar-refractivity contribution in [3.05, 3.63) is 64.8 Å². The Balaban J connectivity index is 1.85. The second-order valence-electron chi connectivity index (χ2n) is 4.98. The Labute approximate surface area is 138 Å². The highest BCUT2D eigenvalue weighted by Gasteiger charge is 2.21. The van der Waals surface area contributed by atoms with Crippen LogP contribution >= 0.6 is 0 Å². The predicted octanol–water partition coefficient (Wildman–Crippen LogP) is 2.39. The van der Waals surface area contributed by atoms with E-state index in [1.807, 2.05) is 6.07 Å². The molecule has 0 bridgehead atoms. The maximum atomic E-state index is 12.2. The molecular formula is C17H11N3O3S. The first-order chi connectivity index (χ1) is 11.5. The van der Waals surface area contributed by atoms with Gasteiger partial charge in [-0.25, -0.2) is 8.42 Å². The zero-order valence-electron chi connectivity index (χ0n) is 12.3. The number of fused-ring (bicyclic) bond motifs is 1. The van der Waals surface area contributed by atoms with E-state index in [9.17, 15) is 13.2 Å². The molecule has 24 heavy (non-hydrogen) atoms. The number of nitrogens with zero attached hydrogens (tertiary/aromatic N) is 2. The molecule has 1 aliphatic rings. The first-order valence-corrected chi connectivity index (χ1v) is 8.46. The van der Waals surface area contributed by atoms with Crippen LogP contribution in [-0.4, -0.2) is 19.3 Å². The van der Waals surface area contributed by atoms with Gasteiger partial charge in [0.25, 0.3) is 5.91 Å². The summed E-state index contributed by atoms with van der Waals surface area (Å²) in [4.78, 5) is 16.4. The minimum Gasteiger partial charge on any atom is -0.321 e. The molecule has 0 fully saturated rings. The van der Waals surface area contributed by atoms with Crippen LogP contribution in [0.15, 0.2) is 58.5 Å². The number of pyridine rings is 1. The highest BCUT2D eigenvalue weighted by Crippen LogP contribution is 2.29. The lowest BCUT2D eigenvalue weighted by Gasteiger charge is -2.06. The zero-order chi connectivity index (χ0) is 17.2. The lowest BCUT2D eigenvalue weighted by Crippen LogP contribution is -2.14. The number of hydrogen-bond donors (Lipinski definition) is 1. The summed E-state index contributed by atoms with van der Waals surface area (Å²) >= 11 is 0. The quantitative estimate of drug-likeness (QED) is 0.684. The van der Waals surface area contributed by atoms with Crippen LogP contribution in [0.1, 0.15) is 11.3 Å². The normalized spacial score (nSPS) is 14.7. The number of carbonyl (C=O) groups excluding carboxylic acids is 1. The molecule has 1 aromatic carbocycles. The third kappa shape index (κ3) is 3.09. The van der Waals surface area contributed by atoms with Gasteiger partial charge in [-0.3, -0.25) is 9.78 Å². The molecule has 0 aliphatic carbocycles. The molecule has 1 aliphatic heterocycles. The fourth-order valence-electron chi connectivity index (χ4n) is 2.19. The molecular weight excluding hydrogens is 326 g/mol. The van der Waals surface area contributed by atoms with Crippen molar-refractivity contribution in [2.75, 3.05) is 5.32 Å². The number of rotatable bonds is 3. The Hall–Kier alpha value is -3.24. The molecule has 1 aromatic heterocycles. The summed E-state index contributed by atoms with van der Waals surface area (Å²) in [7, 11) is -3.46. The summed E-state index contributed by atoms with van der Waals surface area (Å²) in [6.45, 7) is 0. The maximum Gasteiger partial charge on any atom is 0.266 e. The van der Waals surface area contributed by atoms with Crippen molar-refractivity contribution in [2.45, 2.75) is 4.90 Å².